The van der Waals surface area contributed by atoms with Crippen LogP contribution in [-0.2, 0) is 4.43 Å². The van der Waals surface area contributed by atoms with Crippen LogP contribution in [0.4, 0.5) is 0 Å². The van der Waals surface area contributed by atoms with Gasteiger partial charge in [0.1, 0.15) is 0 Å². The maximum atomic E-state index is 12.8. The molecule has 26 heavy (non-hydrogen) atoms. The van der Waals surface area contributed by atoms with Gasteiger partial charge < -0.3 is 9.33 Å². The van der Waals surface area contributed by atoms with Crippen LogP contribution in [0.2, 0.25) is 18.1 Å². The summed E-state index contributed by atoms with van der Waals surface area (Å²) in [5.41, 5.74) is 0.697. The fraction of sp³-hybridized carbons (Fsp3) is 0.667. The van der Waals surface area contributed by atoms with Crippen LogP contribution >= 0.6 is 15.9 Å². The van der Waals surface area contributed by atoms with E-state index in [-0.39, 0.29) is 16.5 Å². The largest absolute Gasteiger partial charge is 0.412 e. The molecule has 1 aromatic rings. The number of hydrogen-bond donors (Lipinski definition) is 0. The van der Waals surface area contributed by atoms with Crippen molar-refractivity contribution in [2.24, 2.45) is 0 Å². The van der Waals surface area contributed by atoms with Crippen LogP contribution < -0.4 is 0 Å². The second-order valence-electron chi connectivity index (χ2n) is 9.47. The first-order valence-electron chi connectivity index (χ1n) is 9.58. The molecule has 0 unspecified atom stereocenters. The first kappa shape index (κ1) is 21.6. The fourth-order valence-electron chi connectivity index (χ4n) is 3.43. The van der Waals surface area contributed by atoms with Crippen molar-refractivity contribution < 1.29 is 9.22 Å². The van der Waals surface area contributed by atoms with Crippen molar-refractivity contribution in [1.82, 2.24) is 4.90 Å². The van der Waals surface area contributed by atoms with Gasteiger partial charge in [0.2, 0.25) is 0 Å². The summed E-state index contributed by atoms with van der Waals surface area (Å²) in [6.07, 6.45) is 4.04. The summed E-state index contributed by atoms with van der Waals surface area (Å²) in [4.78, 5) is 14.7. The third-order valence-corrected chi connectivity index (χ3v) is 11.4. The lowest BCUT2D eigenvalue weighted by atomic mass is 9.83. The minimum Gasteiger partial charge on any atom is -0.412 e. The van der Waals surface area contributed by atoms with Gasteiger partial charge in [0.15, 0.2) is 8.32 Å². The molecule has 0 bridgehead atoms. The van der Waals surface area contributed by atoms with E-state index < -0.39 is 8.32 Å². The quantitative estimate of drug-likeness (QED) is 0.519. The zero-order valence-corrected chi connectivity index (χ0v) is 19.9. The molecule has 1 aliphatic carbocycles. The lowest BCUT2D eigenvalue weighted by Gasteiger charge is -2.48. The van der Waals surface area contributed by atoms with Crippen LogP contribution in [0.1, 0.15) is 63.7 Å². The van der Waals surface area contributed by atoms with E-state index in [9.17, 15) is 4.79 Å². The SMILES string of the molecule is CN(C(=O)c1ccc(Br)cc1)[C@H]1CC[C@](C)(O[Si](C)(C)C(C)(C)C)CC1. The molecule has 1 aromatic carbocycles. The number of carbonyl (C=O) groups excluding carboxylic acids is 1. The van der Waals surface area contributed by atoms with E-state index in [2.05, 4.69) is 56.7 Å². The maximum absolute atomic E-state index is 12.8. The van der Waals surface area contributed by atoms with Gasteiger partial charge >= 0.3 is 0 Å². The summed E-state index contributed by atoms with van der Waals surface area (Å²) in [7, 11) is 0.158. The lowest BCUT2D eigenvalue weighted by molar-refractivity contribution is 0.00963. The molecule has 0 atom stereocenters. The first-order valence-corrected chi connectivity index (χ1v) is 13.3. The highest BCUT2D eigenvalue weighted by Gasteiger charge is 2.44. The third-order valence-electron chi connectivity index (χ3n) is 6.28. The Morgan fingerprint density at radius 1 is 1.19 bits per heavy atom. The second-order valence-corrected chi connectivity index (χ2v) is 15.1. The third kappa shape index (κ3) is 4.99. The van der Waals surface area contributed by atoms with Gasteiger partial charge in [-0.2, -0.15) is 0 Å². The Labute approximate surface area is 168 Å². The average Bonchev–Trinajstić information content (AvgIpc) is 2.53. The van der Waals surface area contributed by atoms with Crippen molar-refractivity contribution in [3.8, 4) is 0 Å². The topological polar surface area (TPSA) is 29.5 Å². The van der Waals surface area contributed by atoms with Crippen molar-refractivity contribution in [1.29, 1.82) is 0 Å². The van der Waals surface area contributed by atoms with Gasteiger partial charge in [0.05, 0.1) is 5.60 Å². The highest BCUT2D eigenvalue weighted by atomic mass is 79.9. The molecular weight excluding hydrogens is 406 g/mol. The Bertz CT molecular complexity index is 628. The van der Waals surface area contributed by atoms with Crippen molar-refractivity contribution in [2.45, 2.75) is 83.2 Å². The van der Waals surface area contributed by atoms with Crippen molar-refractivity contribution in [3.63, 3.8) is 0 Å². The molecule has 0 saturated heterocycles. The standard InChI is InChI=1S/C21H34BrNO2Si/c1-20(2,3)26(6,7)25-21(4)14-12-18(13-15-21)23(5)19(24)16-8-10-17(22)11-9-16/h8-11,18H,12-15H2,1-7H3/t18-,21-. The smallest absolute Gasteiger partial charge is 0.253 e. The number of carbonyl (C=O) groups is 1. The van der Waals surface area contributed by atoms with E-state index in [1.54, 1.807) is 0 Å². The van der Waals surface area contributed by atoms with E-state index in [1.165, 1.54) is 0 Å². The van der Waals surface area contributed by atoms with Crippen LogP contribution in [0.25, 0.3) is 0 Å². The highest BCUT2D eigenvalue weighted by molar-refractivity contribution is 9.10. The van der Waals surface area contributed by atoms with Crippen LogP contribution in [-0.4, -0.2) is 37.8 Å². The second kappa shape index (κ2) is 7.76. The number of rotatable bonds is 4. The molecule has 3 nitrogen and oxygen atoms in total. The predicted molar refractivity (Wildman–Crippen MR) is 115 cm³/mol. The Morgan fingerprint density at radius 2 is 1.69 bits per heavy atom. The number of hydrogen-bond acceptors (Lipinski definition) is 2. The molecule has 0 spiro atoms. The van der Waals surface area contributed by atoms with Crippen molar-refractivity contribution >= 4 is 30.2 Å². The Hall–Kier alpha value is -0.653. The van der Waals surface area contributed by atoms with Crippen LogP contribution in [0.15, 0.2) is 28.7 Å². The molecule has 1 amide bonds. The van der Waals surface area contributed by atoms with E-state index in [1.807, 2.05) is 36.2 Å². The molecule has 0 aromatic heterocycles. The van der Waals surface area contributed by atoms with E-state index >= 15 is 0 Å². The van der Waals surface area contributed by atoms with Crippen molar-refractivity contribution in [3.05, 3.63) is 34.3 Å². The summed E-state index contributed by atoms with van der Waals surface area (Å²) in [6.45, 7) is 13.8. The molecule has 1 saturated carbocycles. The molecule has 0 radical (unpaired) electrons. The summed E-state index contributed by atoms with van der Waals surface area (Å²) in [6, 6.07) is 7.91. The molecule has 0 N–H and O–H groups in total. The number of amides is 1. The number of nitrogens with zero attached hydrogens (tertiary/aromatic N) is 1. The van der Waals surface area contributed by atoms with Gasteiger partial charge in [-0.05, 0) is 75.0 Å². The summed E-state index contributed by atoms with van der Waals surface area (Å²) >= 11 is 3.42. The minimum atomic E-state index is -1.78. The van der Waals surface area contributed by atoms with Crippen LogP contribution in [0.3, 0.4) is 0 Å². The zero-order chi connectivity index (χ0) is 19.8. The minimum absolute atomic E-state index is 0.0546. The monoisotopic (exact) mass is 439 g/mol. The maximum Gasteiger partial charge on any atom is 0.253 e. The normalized spacial score (nSPS) is 24.4. The van der Waals surface area contributed by atoms with E-state index in [4.69, 9.17) is 4.43 Å². The van der Waals surface area contributed by atoms with E-state index in [0.29, 0.717) is 6.04 Å². The van der Waals surface area contributed by atoms with Gasteiger partial charge in [-0.3, -0.25) is 4.79 Å². The molecule has 1 fully saturated rings. The number of halogens is 1. The van der Waals surface area contributed by atoms with E-state index in [0.717, 1.165) is 35.7 Å². The molecule has 146 valence electrons. The summed E-state index contributed by atoms with van der Waals surface area (Å²) in [5.74, 6) is 0.108. The van der Waals surface area contributed by atoms with Crippen LogP contribution in [0, 0.1) is 0 Å². The molecule has 0 heterocycles. The Morgan fingerprint density at radius 3 is 2.15 bits per heavy atom. The highest BCUT2D eigenvalue weighted by Crippen LogP contribution is 2.43. The van der Waals surface area contributed by atoms with Gasteiger partial charge in [-0.1, -0.05) is 36.7 Å². The zero-order valence-electron chi connectivity index (χ0n) is 17.4. The molecule has 5 heteroatoms. The predicted octanol–water partition coefficient (Wildman–Crippen LogP) is 6.24. The first-order chi connectivity index (χ1) is 11.8. The van der Waals surface area contributed by atoms with Crippen LogP contribution in [0.5, 0.6) is 0 Å². The van der Waals surface area contributed by atoms with Crippen molar-refractivity contribution in [2.75, 3.05) is 7.05 Å². The Balaban J connectivity index is 1.98. The molecule has 2 rings (SSSR count). The van der Waals surface area contributed by atoms with Gasteiger partial charge in [-0.25, -0.2) is 0 Å². The summed E-state index contributed by atoms with van der Waals surface area (Å²) in [5, 5.41) is 0.223. The molecular formula is C21H34BrNO2Si. The lowest BCUT2D eigenvalue weighted by Crippen LogP contribution is -2.51. The summed E-state index contributed by atoms with van der Waals surface area (Å²) < 4.78 is 7.74. The average molecular weight is 440 g/mol. The van der Waals surface area contributed by atoms with Gasteiger partial charge in [0.25, 0.3) is 5.91 Å². The van der Waals surface area contributed by atoms with Gasteiger partial charge in [0, 0.05) is 23.1 Å². The molecule has 0 aliphatic heterocycles. The van der Waals surface area contributed by atoms with Gasteiger partial charge in [-0.15, -0.1) is 0 Å². The number of benzene rings is 1. The molecule has 1 aliphatic rings. The fourth-order valence-corrected chi connectivity index (χ4v) is 5.44. The Kier molecular flexibility index (Phi) is 6.46.